The molecule has 2 aliphatic heterocycles. The second kappa shape index (κ2) is 8.25. The summed E-state index contributed by atoms with van der Waals surface area (Å²) < 4.78 is 31.3. The number of halogens is 2. The lowest BCUT2D eigenvalue weighted by atomic mass is 9.72. The second-order valence-electron chi connectivity index (χ2n) is 7.30. The molecule has 150 valence electrons. The first kappa shape index (κ1) is 20.9. The minimum absolute atomic E-state index is 0.0185. The van der Waals surface area contributed by atoms with Crippen LogP contribution in [0.25, 0.3) is 0 Å². The lowest BCUT2D eigenvalue weighted by Gasteiger charge is -2.43. The number of likely N-dealkylation sites (tertiary alicyclic amines) is 1. The van der Waals surface area contributed by atoms with Gasteiger partial charge in [-0.3, -0.25) is 4.79 Å². The molecule has 1 N–H and O–H groups in total. The molecule has 0 saturated carbocycles. The van der Waals surface area contributed by atoms with Gasteiger partial charge in [0.1, 0.15) is 0 Å². The lowest BCUT2D eigenvalue weighted by molar-refractivity contribution is -0.142. The van der Waals surface area contributed by atoms with Crippen molar-refractivity contribution in [2.45, 2.75) is 37.1 Å². The van der Waals surface area contributed by atoms with Crippen molar-refractivity contribution in [3.63, 3.8) is 0 Å². The van der Waals surface area contributed by atoms with Crippen molar-refractivity contribution >= 4 is 39.1 Å². The van der Waals surface area contributed by atoms with E-state index in [-0.39, 0.29) is 11.9 Å². The van der Waals surface area contributed by atoms with Crippen molar-refractivity contribution in [1.82, 2.24) is 9.62 Å². The number of rotatable bonds is 4. The summed E-state index contributed by atoms with van der Waals surface area (Å²) in [4.78, 5) is 15.4. The summed E-state index contributed by atoms with van der Waals surface area (Å²) in [5.74, 6) is -0.0185. The standard InChI is InChI=1S/C18H24Cl2N2O4S/c1-27(24,25)21-14-3-2-8-22(12-14)17(23)18(6-9-26-10-7-18)15-5-4-13(19)11-16(15)20/h4-5,11,14,21H,2-3,6-10,12H2,1H3. The molecule has 1 unspecified atom stereocenters. The SMILES string of the molecule is CS(=O)(=O)NC1CCCN(C(=O)C2(c3ccc(Cl)cc3Cl)CCOCC2)C1. The molecule has 2 aliphatic rings. The number of ether oxygens (including phenoxy) is 1. The maximum atomic E-state index is 13.6. The molecule has 1 aromatic carbocycles. The highest BCUT2D eigenvalue weighted by Gasteiger charge is 2.46. The Bertz CT molecular complexity index is 810. The number of hydrogen-bond donors (Lipinski definition) is 1. The molecular weight excluding hydrogens is 411 g/mol. The van der Waals surface area contributed by atoms with Gasteiger partial charge in [0.25, 0.3) is 0 Å². The van der Waals surface area contributed by atoms with Crippen LogP contribution in [0, 0.1) is 0 Å². The van der Waals surface area contributed by atoms with Gasteiger partial charge in [-0.2, -0.15) is 0 Å². The van der Waals surface area contributed by atoms with Crippen molar-refractivity contribution < 1.29 is 17.9 Å². The number of hydrogen-bond acceptors (Lipinski definition) is 4. The summed E-state index contributed by atoms with van der Waals surface area (Å²) in [5.41, 5.74) is -0.00698. The van der Waals surface area contributed by atoms with Gasteiger partial charge in [0.15, 0.2) is 0 Å². The number of carbonyl (C=O) groups excluding carboxylic acids is 1. The normalized spacial score (nSPS) is 23.2. The maximum absolute atomic E-state index is 13.6. The molecule has 2 fully saturated rings. The Hall–Kier alpha value is -0.860. The molecule has 0 spiro atoms. The first-order valence-electron chi connectivity index (χ1n) is 9.01. The van der Waals surface area contributed by atoms with Gasteiger partial charge in [0.2, 0.25) is 15.9 Å². The lowest BCUT2D eigenvalue weighted by Crippen LogP contribution is -2.56. The highest BCUT2D eigenvalue weighted by Crippen LogP contribution is 2.41. The quantitative estimate of drug-likeness (QED) is 0.789. The summed E-state index contributed by atoms with van der Waals surface area (Å²) in [6, 6.07) is 4.96. The maximum Gasteiger partial charge on any atom is 0.233 e. The highest BCUT2D eigenvalue weighted by molar-refractivity contribution is 7.88. The molecule has 27 heavy (non-hydrogen) atoms. The van der Waals surface area contributed by atoms with E-state index in [1.807, 2.05) is 6.07 Å². The fourth-order valence-electron chi connectivity index (χ4n) is 4.06. The molecule has 1 atom stereocenters. The predicted molar refractivity (Wildman–Crippen MR) is 106 cm³/mol. The number of sulfonamides is 1. The fourth-order valence-corrected chi connectivity index (χ4v) is 5.45. The van der Waals surface area contributed by atoms with Crippen LogP contribution in [0.4, 0.5) is 0 Å². The van der Waals surface area contributed by atoms with E-state index in [4.69, 9.17) is 27.9 Å². The predicted octanol–water partition coefficient (Wildman–Crippen LogP) is 2.58. The Labute approximate surface area is 170 Å². The van der Waals surface area contributed by atoms with Gasteiger partial charge in [-0.25, -0.2) is 13.1 Å². The molecule has 0 aliphatic carbocycles. The number of amides is 1. The van der Waals surface area contributed by atoms with Crippen molar-refractivity contribution in [1.29, 1.82) is 0 Å². The van der Waals surface area contributed by atoms with Crippen molar-refractivity contribution in [3.05, 3.63) is 33.8 Å². The number of nitrogens with zero attached hydrogens (tertiary/aromatic N) is 1. The van der Waals surface area contributed by atoms with Crippen molar-refractivity contribution in [3.8, 4) is 0 Å². The van der Waals surface area contributed by atoms with Crippen LogP contribution < -0.4 is 4.72 Å². The van der Waals surface area contributed by atoms with E-state index < -0.39 is 15.4 Å². The monoisotopic (exact) mass is 434 g/mol. The number of nitrogens with one attached hydrogen (secondary N) is 1. The Morgan fingerprint density at radius 3 is 2.63 bits per heavy atom. The minimum atomic E-state index is -3.32. The number of benzene rings is 1. The van der Waals surface area contributed by atoms with Gasteiger partial charge in [-0.15, -0.1) is 0 Å². The smallest absolute Gasteiger partial charge is 0.233 e. The summed E-state index contributed by atoms with van der Waals surface area (Å²) in [7, 11) is -3.32. The minimum Gasteiger partial charge on any atom is -0.381 e. The fraction of sp³-hybridized carbons (Fsp3) is 0.611. The molecule has 3 rings (SSSR count). The summed E-state index contributed by atoms with van der Waals surface area (Å²) in [6.45, 7) is 1.92. The van der Waals surface area contributed by atoms with Crippen LogP contribution in [0.2, 0.25) is 10.0 Å². The van der Waals surface area contributed by atoms with Gasteiger partial charge >= 0.3 is 0 Å². The molecule has 1 amide bonds. The third kappa shape index (κ3) is 4.77. The zero-order valence-corrected chi connectivity index (χ0v) is 17.5. The Balaban J connectivity index is 1.90. The Morgan fingerprint density at radius 2 is 2.00 bits per heavy atom. The second-order valence-corrected chi connectivity index (χ2v) is 9.92. The van der Waals surface area contributed by atoms with Gasteiger partial charge < -0.3 is 9.64 Å². The van der Waals surface area contributed by atoms with Crippen LogP contribution in [0.1, 0.15) is 31.2 Å². The number of carbonyl (C=O) groups is 1. The van der Waals surface area contributed by atoms with Crippen LogP contribution in [0.5, 0.6) is 0 Å². The van der Waals surface area contributed by atoms with E-state index in [9.17, 15) is 13.2 Å². The molecule has 0 aromatic heterocycles. The van der Waals surface area contributed by atoms with E-state index in [1.54, 1.807) is 17.0 Å². The van der Waals surface area contributed by atoms with E-state index in [0.717, 1.165) is 18.2 Å². The first-order chi connectivity index (χ1) is 12.7. The largest absolute Gasteiger partial charge is 0.381 e. The third-order valence-electron chi connectivity index (χ3n) is 5.29. The third-order valence-corrected chi connectivity index (χ3v) is 6.60. The molecule has 2 saturated heterocycles. The van der Waals surface area contributed by atoms with E-state index in [2.05, 4.69) is 4.72 Å². The van der Waals surface area contributed by atoms with E-state index in [1.165, 1.54) is 0 Å². The topological polar surface area (TPSA) is 75.7 Å². The Kier molecular flexibility index (Phi) is 6.37. The average molecular weight is 435 g/mol. The molecule has 9 heteroatoms. The first-order valence-corrected chi connectivity index (χ1v) is 11.7. The molecule has 6 nitrogen and oxygen atoms in total. The van der Waals surface area contributed by atoms with Crippen LogP contribution in [-0.2, 0) is 25.0 Å². The Morgan fingerprint density at radius 1 is 1.30 bits per heavy atom. The van der Waals surface area contributed by atoms with Crippen LogP contribution in [0.15, 0.2) is 18.2 Å². The van der Waals surface area contributed by atoms with Crippen LogP contribution in [0.3, 0.4) is 0 Å². The molecule has 0 bridgehead atoms. The van der Waals surface area contributed by atoms with Gasteiger partial charge in [0.05, 0.1) is 11.7 Å². The summed E-state index contributed by atoms with van der Waals surface area (Å²) in [6.07, 6.45) is 3.68. The van der Waals surface area contributed by atoms with E-state index >= 15 is 0 Å². The van der Waals surface area contributed by atoms with Crippen molar-refractivity contribution in [2.24, 2.45) is 0 Å². The molecule has 2 heterocycles. The zero-order chi connectivity index (χ0) is 19.7. The molecule has 0 radical (unpaired) electrons. The molecular formula is C18H24Cl2N2O4S. The van der Waals surface area contributed by atoms with Gasteiger partial charge in [0, 0.05) is 42.4 Å². The average Bonchev–Trinajstić information content (AvgIpc) is 2.60. The highest BCUT2D eigenvalue weighted by atomic mass is 35.5. The summed E-state index contributed by atoms with van der Waals surface area (Å²) >= 11 is 12.5. The van der Waals surface area contributed by atoms with Crippen LogP contribution >= 0.6 is 23.2 Å². The van der Waals surface area contributed by atoms with Crippen LogP contribution in [-0.4, -0.2) is 57.8 Å². The zero-order valence-electron chi connectivity index (χ0n) is 15.2. The van der Waals surface area contributed by atoms with E-state index in [0.29, 0.717) is 55.6 Å². The van der Waals surface area contributed by atoms with Gasteiger partial charge in [-0.05, 0) is 43.4 Å². The molecule has 1 aromatic rings. The number of piperidine rings is 1. The van der Waals surface area contributed by atoms with Gasteiger partial charge in [-0.1, -0.05) is 29.3 Å². The summed E-state index contributed by atoms with van der Waals surface area (Å²) in [5, 5.41) is 0.995. The van der Waals surface area contributed by atoms with Crippen molar-refractivity contribution in [2.75, 3.05) is 32.6 Å².